The number of amides is 1. The van der Waals surface area contributed by atoms with E-state index >= 15 is 0 Å². The number of aromatic nitrogens is 3. The van der Waals surface area contributed by atoms with Crippen LogP contribution in [0.3, 0.4) is 0 Å². The predicted molar refractivity (Wildman–Crippen MR) is 140 cm³/mol. The average molecular weight is 617 g/mol. The van der Waals surface area contributed by atoms with Crippen molar-refractivity contribution in [2.75, 3.05) is 13.1 Å². The molecule has 2 aliphatic heterocycles. The summed E-state index contributed by atoms with van der Waals surface area (Å²) in [4.78, 5) is 18.8. The van der Waals surface area contributed by atoms with Gasteiger partial charge >= 0.3 is 12.4 Å². The molecule has 1 fully saturated rings. The summed E-state index contributed by atoms with van der Waals surface area (Å²) in [5.74, 6) is -0.720. The largest absolute Gasteiger partial charge is 0.435 e. The molecule has 14 heteroatoms. The van der Waals surface area contributed by atoms with E-state index in [2.05, 4.69) is 44.1 Å². The molecule has 4 heterocycles. The number of ether oxygens (including phenoxy) is 2. The Morgan fingerprint density at radius 3 is 2.26 bits per heavy atom. The molecule has 3 aromatic rings. The zero-order valence-corrected chi connectivity index (χ0v) is 24.0. The van der Waals surface area contributed by atoms with Crippen molar-refractivity contribution in [2.24, 2.45) is 0 Å². The van der Waals surface area contributed by atoms with Crippen LogP contribution in [0.1, 0.15) is 84.6 Å². The Bertz CT molecular complexity index is 1430. The average Bonchev–Trinajstić information content (AvgIpc) is 3.51. The highest BCUT2D eigenvalue weighted by Crippen LogP contribution is 2.37. The molecule has 2 aromatic heterocycles. The SMILES string of the molecule is CC(C)(C)c1ccc2c(c1)COC(c1csc(C3CCN(C(=O)Cn4nc(C(F)(F)F)cc4C(F)(F)F)CC3)n1)OC2. The number of piperidine rings is 1. The summed E-state index contributed by atoms with van der Waals surface area (Å²) in [6, 6.07) is 6.23. The third kappa shape index (κ3) is 6.65. The van der Waals surface area contributed by atoms with Gasteiger partial charge in [-0.05, 0) is 34.9 Å². The topological polar surface area (TPSA) is 69.5 Å². The third-order valence-electron chi connectivity index (χ3n) is 7.48. The van der Waals surface area contributed by atoms with Gasteiger partial charge in [0.2, 0.25) is 12.2 Å². The number of carbonyl (C=O) groups is 1. The standard InChI is InChI=1S/C28H30F6N4O3S/c1-26(2,3)19-5-4-17-13-40-25(41-14-18(17)10-19)20-15-42-24(35-20)16-6-8-37(9-7-16)23(39)12-38-22(28(32,33)34)11-21(36-38)27(29,30)31/h4-5,10-11,15-16,25H,6-9,12-14H2,1-3H3. The molecule has 5 rings (SSSR count). The van der Waals surface area contributed by atoms with Crippen LogP contribution in [0.4, 0.5) is 26.3 Å². The van der Waals surface area contributed by atoms with Crippen molar-refractivity contribution in [3.63, 3.8) is 0 Å². The maximum Gasteiger partial charge on any atom is 0.435 e. The van der Waals surface area contributed by atoms with E-state index in [1.54, 1.807) is 0 Å². The van der Waals surface area contributed by atoms with E-state index in [4.69, 9.17) is 14.5 Å². The van der Waals surface area contributed by atoms with Gasteiger partial charge in [-0.2, -0.15) is 31.4 Å². The molecule has 1 unspecified atom stereocenters. The van der Waals surface area contributed by atoms with E-state index in [0.717, 1.165) is 16.1 Å². The molecule has 1 atom stereocenters. The Morgan fingerprint density at radius 2 is 1.64 bits per heavy atom. The van der Waals surface area contributed by atoms with E-state index in [1.807, 2.05) is 5.38 Å². The first-order chi connectivity index (χ1) is 19.6. The molecule has 0 saturated carbocycles. The molecular formula is C28H30F6N4O3S. The lowest BCUT2D eigenvalue weighted by Crippen LogP contribution is -2.40. The Kier molecular flexibility index (Phi) is 8.18. The van der Waals surface area contributed by atoms with Crippen LogP contribution in [-0.4, -0.2) is 38.7 Å². The van der Waals surface area contributed by atoms with Crippen LogP contribution in [0.15, 0.2) is 29.6 Å². The van der Waals surface area contributed by atoms with E-state index in [-0.39, 0.29) is 35.2 Å². The van der Waals surface area contributed by atoms with Crippen molar-refractivity contribution >= 4 is 17.2 Å². The van der Waals surface area contributed by atoms with Crippen LogP contribution in [0.2, 0.25) is 0 Å². The van der Waals surface area contributed by atoms with Crippen molar-refractivity contribution in [3.05, 3.63) is 68.4 Å². The van der Waals surface area contributed by atoms with Crippen LogP contribution in [0.25, 0.3) is 0 Å². The number of fused-ring (bicyclic) bond motifs is 1. The molecule has 42 heavy (non-hydrogen) atoms. The first-order valence-electron chi connectivity index (χ1n) is 13.4. The van der Waals surface area contributed by atoms with E-state index in [9.17, 15) is 31.1 Å². The number of alkyl halides is 6. The van der Waals surface area contributed by atoms with Crippen molar-refractivity contribution in [2.45, 2.75) is 83.3 Å². The Balaban J connectivity index is 1.18. The highest BCUT2D eigenvalue weighted by molar-refractivity contribution is 7.09. The molecule has 0 aliphatic carbocycles. The quantitative estimate of drug-likeness (QED) is 0.301. The normalized spacial score (nSPS) is 19.1. The number of likely N-dealkylation sites (tertiary alicyclic amines) is 1. The molecule has 7 nitrogen and oxygen atoms in total. The minimum Gasteiger partial charge on any atom is -0.342 e. The van der Waals surface area contributed by atoms with Crippen molar-refractivity contribution < 1.29 is 40.6 Å². The van der Waals surface area contributed by atoms with Crippen molar-refractivity contribution in [1.82, 2.24) is 19.7 Å². The molecular weight excluding hydrogens is 586 g/mol. The lowest BCUT2D eigenvalue weighted by atomic mass is 9.85. The van der Waals surface area contributed by atoms with Crippen LogP contribution in [0.5, 0.6) is 0 Å². The molecule has 1 aromatic carbocycles. The Labute approximate surface area is 242 Å². The van der Waals surface area contributed by atoms with Crippen LogP contribution < -0.4 is 0 Å². The van der Waals surface area contributed by atoms with Gasteiger partial charge in [-0.3, -0.25) is 9.48 Å². The summed E-state index contributed by atoms with van der Waals surface area (Å²) in [6.45, 7) is 6.75. The smallest absolute Gasteiger partial charge is 0.342 e. The number of hydrogen-bond acceptors (Lipinski definition) is 6. The monoisotopic (exact) mass is 616 g/mol. The minimum absolute atomic E-state index is 0.00735. The molecule has 228 valence electrons. The number of carbonyl (C=O) groups excluding carboxylic acids is 1. The fraction of sp³-hybridized carbons (Fsp3) is 0.536. The summed E-state index contributed by atoms with van der Waals surface area (Å²) in [5.41, 5.74) is 0.689. The molecule has 1 saturated heterocycles. The molecule has 2 aliphatic rings. The summed E-state index contributed by atoms with van der Waals surface area (Å²) in [7, 11) is 0. The number of rotatable bonds is 4. The third-order valence-corrected chi connectivity index (χ3v) is 8.50. The minimum atomic E-state index is -5.09. The van der Waals surface area contributed by atoms with Gasteiger partial charge in [0.15, 0.2) is 5.69 Å². The van der Waals surface area contributed by atoms with Gasteiger partial charge in [-0.1, -0.05) is 39.0 Å². The van der Waals surface area contributed by atoms with Gasteiger partial charge < -0.3 is 14.4 Å². The second-order valence-electron chi connectivity index (χ2n) is 11.5. The fourth-order valence-electron chi connectivity index (χ4n) is 5.02. The second kappa shape index (κ2) is 11.3. The predicted octanol–water partition coefficient (Wildman–Crippen LogP) is 6.83. The number of halogens is 6. The first-order valence-corrected chi connectivity index (χ1v) is 14.3. The number of hydrogen-bond donors (Lipinski definition) is 0. The Hall–Kier alpha value is -2.97. The fourth-order valence-corrected chi connectivity index (χ4v) is 6.01. The van der Waals surface area contributed by atoms with Gasteiger partial charge in [-0.25, -0.2) is 4.98 Å². The van der Waals surface area contributed by atoms with Crippen LogP contribution >= 0.6 is 11.3 Å². The van der Waals surface area contributed by atoms with E-state index in [1.165, 1.54) is 21.8 Å². The van der Waals surface area contributed by atoms with Crippen molar-refractivity contribution in [3.8, 4) is 0 Å². The van der Waals surface area contributed by atoms with Crippen LogP contribution in [0, 0.1) is 0 Å². The first kappa shape index (κ1) is 30.5. The van der Waals surface area contributed by atoms with E-state index < -0.39 is 42.5 Å². The summed E-state index contributed by atoms with van der Waals surface area (Å²) >= 11 is 1.45. The van der Waals surface area contributed by atoms with Gasteiger partial charge in [0, 0.05) is 30.5 Å². The second-order valence-corrected chi connectivity index (χ2v) is 12.4. The number of benzene rings is 1. The summed E-state index contributed by atoms with van der Waals surface area (Å²) < 4.78 is 90.9. The summed E-state index contributed by atoms with van der Waals surface area (Å²) in [5, 5.41) is 5.73. The molecule has 1 amide bonds. The highest BCUT2D eigenvalue weighted by atomic mass is 32.1. The van der Waals surface area contributed by atoms with Gasteiger partial charge in [0.25, 0.3) is 0 Å². The molecule has 0 radical (unpaired) electrons. The zero-order valence-electron chi connectivity index (χ0n) is 23.2. The lowest BCUT2D eigenvalue weighted by molar-refractivity contribution is -0.155. The zero-order chi connectivity index (χ0) is 30.4. The highest BCUT2D eigenvalue weighted by Gasteiger charge is 2.42. The molecule has 0 bridgehead atoms. The maximum absolute atomic E-state index is 13.3. The van der Waals surface area contributed by atoms with Gasteiger partial charge in [0.05, 0.1) is 18.2 Å². The van der Waals surface area contributed by atoms with E-state index in [0.29, 0.717) is 31.7 Å². The maximum atomic E-state index is 13.3. The number of thiazole rings is 1. The van der Waals surface area contributed by atoms with Gasteiger partial charge in [-0.15, -0.1) is 11.3 Å². The van der Waals surface area contributed by atoms with Gasteiger partial charge in [0.1, 0.15) is 17.9 Å². The summed E-state index contributed by atoms with van der Waals surface area (Å²) in [6.07, 6.45) is -9.78. The Morgan fingerprint density at radius 1 is 0.976 bits per heavy atom. The number of nitrogens with zero attached hydrogens (tertiary/aromatic N) is 4. The van der Waals surface area contributed by atoms with Crippen molar-refractivity contribution in [1.29, 1.82) is 0 Å². The molecule has 0 N–H and O–H groups in total. The lowest BCUT2D eigenvalue weighted by Gasteiger charge is -2.31. The molecule has 0 spiro atoms. The van der Waals surface area contributed by atoms with Crippen LogP contribution in [-0.2, 0) is 51.8 Å².